The van der Waals surface area contributed by atoms with Crippen LogP contribution in [0.2, 0.25) is 0 Å². The molecule has 0 spiro atoms. The van der Waals surface area contributed by atoms with Crippen LogP contribution < -0.4 is 4.74 Å². The standard InChI is InChI=1S/C21H18F4N2OS/c1-13(2)17-11-19(28-18-6-4-3-5-16(18)22)27-20(26-17)29-12-14-7-9-15(10-8-14)21(23,24)25/h3-11,13H,12H2,1-2H3. The van der Waals surface area contributed by atoms with Crippen molar-refractivity contribution in [3.05, 3.63) is 77.2 Å². The second kappa shape index (κ2) is 8.82. The molecule has 0 aliphatic carbocycles. The maximum Gasteiger partial charge on any atom is 0.416 e. The van der Waals surface area contributed by atoms with Gasteiger partial charge in [-0.1, -0.05) is 49.9 Å². The molecule has 3 aromatic rings. The minimum atomic E-state index is -4.36. The average Bonchev–Trinajstić information content (AvgIpc) is 2.67. The molecule has 1 aromatic heterocycles. The molecule has 0 radical (unpaired) electrons. The second-order valence-corrected chi connectivity index (χ2v) is 7.53. The largest absolute Gasteiger partial charge is 0.436 e. The summed E-state index contributed by atoms with van der Waals surface area (Å²) >= 11 is 1.27. The maximum absolute atomic E-state index is 13.9. The van der Waals surface area contributed by atoms with E-state index in [0.717, 1.165) is 17.8 Å². The first-order chi connectivity index (χ1) is 13.7. The van der Waals surface area contributed by atoms with E-state index in [-0.39, 0.29) is 17.5 Å². The highest BCUT2D eigenvalue weighted by atomic mass is 32.2. The number of thioether (sulfide) groups is 1. The van der Waals surface area contributed by atoms with Crippen LogP contribution >= 0.6 is 11.8 Å². The fourth-order valence-corrected chi connectivity index (χ4v) is 3.22. The lowest BCUT2D eigenvalue weighted by Crippen LogP contribution is -2.04. The smallest absolute Gasteiger partial charge is 0.416 e. The van der Waals surface area contributed by atoms with Gasteiger partial charge in [0.15, 0.2) is 16.7 Å². The van der Waals surface area contributed by atoms with Crippen LogP contribution in [0.15, 0.2) is 59.8 Å². The van der Waals surface area contributed by atoms with E-state index in [0.29, 0.717) is 16.5 Å². The zero-order chi connectivity index (χ0) is 21.0. The number of ether oxygens (including phenoxy) is 1. The SMILES string of the molecule is CC(C)c1cc(Oc2ccccc2F)nc(SCc2ccc(C(F)(F)F)cc2)n1. The van der Waals surface area contributed by atoms with Crippen molar-refractivity contribution < 1.29 is 22.3 Å². The first-order valence-electron chi connectivity index (χ1n) is 8.82. The van der Waals surface area contributed by atoms with Gasteiger partial charge in [-0.05, 0) is 35.7 Å². The van der Waals surface area contributed by atoms with E-state index in [9.17, 15) is 17.6 Å². The Labute approximate surface area is 170 Å². The fraction of sp³-hybridized carbons (Fsp3) is 0.238. The molecule has 29 heavy (non-hydrogen) atoms. The van der Waals surface area contributed by atoms with Crippen LogP contribution in [0, 0.1) is 5.82 Å². The van der Waals surface area contributed by atoms with Crippen LogP contribution in [-0.4, -0.2) is 9.97 Å². The maximum atomic E-state index is 13.9. The summed E-state index contributed by atoms with van der Waals surface area (Å²) in [4.78, 5) is 8.77. The average molecular weight is 422 g/mol. The highest BCUT2D eigenvalue weighted by Gasteiger charge is 2.29. The Balaban J connectivity index is 1.78. The molecule has 0 unspecified atom stereocenters. The van der Waals surface area contributed by atoms with Gasteiger partial charge < -0.3 is 4.74 Å². The van der Waals surface area contributed by atoms with E-state index in [2.05, 4.69) is 9.97 Å². The van der Waals surface area contributed by atoms with Gasteiger partial charge >= 0.3 is 6.18 Å². The first kappa shape index (κ1) is 21.1. The molecule has 152 valence electrons. The molecule has 8 heteroatoms. The predicted molar refractivity (Wildman–Crippen MR) is 104 cm³/mol. The summed E-state index contributed by atoms with van der Waals surface area (Å²) in [6.45, 7) is 3.92. The molecule has 3 nitrogen and oxygen atoms in total. The molecule has 0 atom stereocenters. The summed E-state index contributed by atoms with van der Waals surface area (Å²) < 4.78 is 57.5. The topological polar surface area (TPSA) is 35.0 Å². The van der Waals surface area contributed by atoms with Crippen LogP contribution in [0.4, 0.5) is 17.6 Å². The van der Waals surface area contributed by atoms with Crippen molar-refractivity contribution >= 4 is 11.8 Å². The van der Waals surface area contributed by atoms with Crippen molar-refractivity contribution in [1.29, 1.82) is 0 Å². The van der Waals surface area contributed by atoms with Crippen LogP contribution in [0.1, 0.15) is 36.6 Å². The van der Waals surface area contributed by atoms with Gasteiger partial charge in [0.2, 0.25) is 5.88 Å². The molecule has 0 saturated carbocycles. The van der Waals surface area contributed by atoms with Crippen molar-refractivity contribution in [2.24, 2.45) is 0 Å². The Morgan fingerprint density at radius 1 is 1.00 bits per heavy atom. The quantitative estimate of drug-likeness (QED) is 0.247. The summed E-state index contributed by atoms with van der Waals surface area (Å²) in [6.07, 6.45) is -4.36. The van der Waals surface area contributed by atoms with E-state index < -0.39 is 17.6 Å². The van der Waals surface area contributed by atoms with Crippen molar-refractivity contribution in [2.45, 2.75) is 36.9 Å². The minimum absolute atomic E-state index is 0.0552. The zero-order valence-corrected chi connectivity index (χ0v) is 16.5. The third-order valence-electron chi connectivity index (χ3n) is 3.99. The van der Waals surface area contributed by atoms with E-state index in [1.54, 1.807) is 18.2 Å². The van der Waals surface area contributed by atoms with Crippen LogP contribution in [0.25, 0.3) is 0 Å². The Morgan fingerprint density at radius 3 is 2.31 bits per heavy atom. The zero-order valence-electron chi connectivity index (χ0n) is 15.7. The second-order valence-electron chi connectivity index (χ2n) is 6.58. The molecule has 1 heterocycles. The number of nitrogens with zero attached hydrogens (tertiary/aromatic N) is 2. The van der Waals surface area contributed by atoms with E-state index >= 15 is 0 Å². The molecular weight excluding hydrogens is 404 g/mol. The van der Waals surface area contributed by atoms with E-state index in [1.807, 2.05) is 13.8 Å². The molecule has 0 bridgehead atoms. The van der Waals surface area contributed by atoms with Crippen LogP contribution in [-0.2, 0) is 11.9 Å². The summed E-state index contributed by atoms with van der Waals surface area (Å²) in [5.41, 5.74) is 0.740. The van der Waals surface area contributed by atoms with Crippen molar-refractivity contribution in [3.63, 3.8) is 0 Å². The van der Waals surface area contributed by atoms with Gasteiger partial charge in [0.1, 0.15) is 0 Å². The Hall–Kier alpha value is -2.61. The number of alkyl halides is 3. The Morgan fingerprint density at radius 2 is 1.69 bits per heavy atom. The van der Waals surface area contributed by atoms with Gasteiger partial charge in [-0.25, -0.2) is 9.37 Å². The van der Waals surface area contributed by atoms with Gasteiger partial charge in [-0.2, -0.15) is 18.2 Å². The van der Waals surface area contributed by atoms with Crippen molar-refractivity contribution in [3.8, 4) is 11.6 Å². The Bertz CT molecular complexity index is 975. The third-order valence-corrected chi connectivity index (χ3v) is 4.91. The van der Waals surface area contributed by atoms with Gasteiger partial charge in [-0.3, -0.25) is 0 Å². The number of hydrogen-bond acceptors (Lipinski definition) is 4. The third kappa shape index (κ3) is 5.69. The molecule has 0 N–H and O–H groups in total. The van der Waals surface area contributed by atoms with Crippen molar-refractivity contribution in [2.75, 3.05) is 0 Å². The molecule has 0 fully saturated rings. The predicted octanol–water partition coefficient (Wildman–Crippen LogP) is 6.84. The number of halogens is 4. The highest BCUT2D eigenvalue weighted by Crippen LogP contribution is 2.31. The van der Waals surface area contributed by atoms with Crippen LogP contribution in [0.3, 0.4) is 0 Å². The number of rotatable bonds is 6. The molecule has 0 saturated heterocycles. The summed E-state index contributed by atoms with van der Waals surface area (Å²) in [5, 5.41) is 0.405. The van der Waals surface area contributed by atoms with E-state index in [4.69, 9.17) is 4.74 Å². The van der Waals surface area contributed by atoms with E-state index in [1.165, 1.54) is 36.0 Å². The van der Waals surface area contributed by atoms with Gasteiger partial charge in [-0.15, -0.1) is 0 Å². The van der Waals surface area contributed by atoms with Gasteiger partial charge in [0, 0.05) is 11.8 Å². The van der Waals surface area contributed by atoms with Gasteiger partial charge in [0.05, 0.1) is 11.3 Å². The summed E-state index contributed by atoms with van der Waals surface area (Å²) in [7, 11) is 0. The number of para-hydroxylation sites is 1. The lowest BCUT2D eigenvalue weighted by Gasteiger charge is -2.11. The molecule has 0 aliphatic heterocycles. The summed E-state index contributed by atoms with van der Waals surface area (Å²) in [6, 6.07) is 12.6. The minimum Gasteiger partial charge on any atom is -0.436 e. The van der Waals surface area contributed by atoms with Gasteiger partial charge in [0.25, 0.3) is 0 Å². The molecule has 0 aliphatic rings. The lowest BCUT2D eigenvalue weighted by molar-refractivity contribution is -0.137. The Kier molecular flexibility index (Phi) is 6.42. The summed E-state index contributed by atoms with van der Waals surface area (Å²) in [5.74, 6) is 0.240. The normalized spacial score (nSPS) is 11.7. The molecular formula is C21H18F4N2OS. The molecule has 0 amide bonds. The van der Waals surface area contributed by atoms with Crippen molar-refractivity contribution in [1.82, 2.24) is 9.97 Å². The highest BCUT2D eigenvalue weighted by molar-refractivity contribution is 7.98. The number of benzene rings is 2. The number of hydrogen-bond donors (Lipinski definition) is 0. The monoisotopic (exact) mass is 422 g/mol. The number of aromatic nitrogens is 2. The lowest BCUT2D eigenvalue weighted by atomic mass is 10.1. The van der Waals surface area contributed by atoms with Crippen LogP contribution in [0.5, 0.6) is 11.6 Å². The molecule has 2 aromatic carbocycles. The fourth-order valence-electron chi connectivity index (χ4n) is 2.41. The molecule has 3 rings (SSSR count). The first-order valence-corrected chi connectivity index (χ1v) is 9.81.